The molecule has 1 aromatic heterocycles. The van der Waals surface area contributed by atoms with Crippen LogP contribution in [-0.2, 0) is 0 Å². The van der Waals surface area contributed by atoms with Gasteiger partial charge in [0.1, 0.15) is 6.10 Å². The summed E-state index contributed by atoms with van der Waals surface area (Å²) >= 11 is 3.90. The Morgan fingerprint density at radius 3 is 2.67 bits per heavy atom. The second kappa shape index (κ2) is 4.63. The molecule has 1 aromatic carbocycles. The molecule has 1 heterocycles. The maximum absolute atomic E-state index is 10.1. The Hall–Kier alpha value is -0.390. The molecule has 0 spiro atoms. The van der Waals surface area contributed by atoms with Crippen molar-refractivity contribution < 1.29 is 5.11 Å². The summed E-state index contributed by atoms with van der Waals surface area (Å²) in [6.45, 7) is 2.05. The number of aliphatic hydroxyl groups is 1. The lowest BCUT2D eigenvalue weighted by atomic mass is 10.1. The molecule has 0 saturated carbocycles. The van der Waals surface area contributed by atoms with Crippen molar-refractivity contribution in [2.24, 2.45) is 0 Å². The van der Waals surface area contributed by atoms with Crippen LogP contribution < -0.4 is 0 Å². The first-order valence-corrected chi connectivity index (χ1v) is 6.56. The second-order valence-corrected chi connectivity index (χ2v) is 5.97. The number of thiophene rings is 1. The van der Waals surface area contributed by atoms with Crippen molar-refractivity contribution in [3.05, 3.63) is 55.3 Å². The molecule has 0 fully saturated rings. The van der Waals surface area contributed by atoms with Crippen molar-refractivity contribution in [2.45, 2.75) is 13.0 Å². The molecule has 0 aliphatic heterocycles. The molecule has 0 bridgehead atoms. The van der Waals surface area contributed by atoms with Crippen LogP contribution in [0.5, 0.6) is 0 Å². The van der Waals surface area contributed by atoms with Gasteiger partial charge in [-0.25, -0.2) is 0 Å². The molecule has 2 rings (SSSR count). The summed E-state index contributed by atoms with van der Waals surface area (Å²) in [5.41, 5.74) is 0.962. The molecular weight excluding hydrogens is 319 g/mol. The van der Waals surface area contributed by atoms with Gasteiger partial charge < -0.3 is 5.11 Å². The van der Waals surface area contributed by atoms with Crippen molar-refractivity contribution in [1.29, 1.82) is 0 Å². The zero-order chi connectivity index (χ0) is 10.8. The Kier molecular flexibility index (Phi) is 3.43. The summed E-state index contributed by atoms with van der Waals surface area (Å²) in [6, 6.07) is 12.0. The van der Waals surface area contributed by atoms with Gasteiger partial charge in [-0.3, -0.25) is 0 Å². The molecule has 0 saturated heterocycles. The van der Waals surface area contributed by atoms with E-state index in [1.165, 1.54) is 4.88 Å². The fourth-order valence-corrected chi connectivity index (χ4v) is 2.90. The third-order valence-electron chi connectivity index (χ3n) is 2.20. The van der Waals surface area contributed by atoms with Crippen LogP contribution in [0.2, 0.25) is 0 Å². The van der Waals surface area contributed by atoms with Gasteiger partial charge >= 0.3 is 0 Å². The maximum atomic E-state index is 10.1. The largest absolute Gasteiger partial charge is 0.383 e. The summed E-state index contributed by atoms with van der Waals surface area (Å²) in [5, 5.41) is 10.1. The van der Waals surface area contributed by atoms with Gasteiger partial charge in [0, 0.05) is 13.3 Å². The van der Waals surface area contributed by atoms with Gasteiger partial charge in [0.05, 0.1) is 0 Å². The van der Waals surface area contributed by atoms with Crippen LogP contribution in [0, 0.1) is 10.5 Å². The number of hydrogen-bond donors (Lipinski definition) is 1. The van der Waals surface area contributed by atoms with Gasteiger partial charge in [-0.2, -0.15) is 0 Å². The molecule has 1 atom stereocenters. The highest BCUT2D eigenvalue weighted by Crippen LogP contribution is 2.28. The van der Waals surface area contributed by atoms with Crippen molar-refractivity contribution >= 4 is 33.9 Å². The molecule has 0 amide bonds. The average molecular weight is 330 g/mol. The summed E-state index contributed by atoms with van der Waals surface area (Å²) in [4.78, 5) is 2.24. The van der Waals surface area contributed by atoms with Gasteiger partial charge in [0.2, 0.25) is 0 Å². The fourth-order valence-electron chi connectivity index (χ4n) is 1.44. The molecule has 3 heteroatoms. The molecule has 1 nitrogen and oxygen atoms in total. The van der Waals surface area contributed by atoms with Crippen LogP contribution in [0.3, 0.4) is 0 Å². The van der Waals surface area contributed by atoms with E-state index >= 15 is 0 Å². The third-order valence-corrected chi connectivity index (χ3v) is 3.92. The Labute approximate surface area is 107 Å². The Morgan fingerprint density at radius 1 is 1.27 bits per heavy atom. The highest BCUT2D eigenvalue weighted by Gasteiger charge is 2.12. The van der Waals surface area contributed by atoms with E-state index in [2.05, 4.69) is 29.5 Å². The molecule has 2 aromatic rings. The van der Waals surface area contributed by atoms with Crippen LogP contribution in [-0.4, -0.2) is 5.11 Å². The summed E-state index contributed by atoms with van der Waals surface area (Å²) < 4.78 is 1.15. The van der Waals surface area contributed by atoms with Gasteiger partial charge in [-0.15, -0.1) is 11.3 Å². The van der Waals surface area contributed by atoms with Crippen LogP contribution in [0.25, 0.3) is 0 Å². The van der Waals surface area contributed by atoms with E-state index in [1.807, 2.05) is 36.4 Å². The van der Waals surface area contributed by atoms with Gasteiger partial charge in [-0.05, 0) is 59.3 Å². The van der Waals surface area contributed by atoms with E-state index in [0.717, 1.165) is 14.0 Å². The van der Waals surface area contributed by atoms with E-state index < -0.39 is 6.10 Å². The molecule has 1 N–H and O–H groups in total. The highest BCUT2D eigenvalue weighted by atomic mass is 127. The average Bonchev–Trinajstić information content (AvgIpc) is 2.64. The van der Waals surface area contributed by atoms with Crippen LogP contribution in [0.1, 0.15) is 21.4 Å². The first-order valence-electron chi connectivity index (χ1n) is 4.66. The molecule has 0 aliphatic rings. The van der Waals surface area contributed by atoms with E-state index in [9.17, 15) is 5.11 Å². The molecule has 0 aliphatic carbocycles. The lowest BCUT2D eigenvalue weighted by molar-refractivity contribution is 0.224. The predicted octanol–water partition coefficient (Wildman–Crippen LogP) is 3.74. The van der Waals surface area contributed by atoms with Crippen molar-refractivity contribution in [2.75, 3.05) is 0 Å². The highest BCUT2D eigenvalue weighted by molar-refractivity contribution is 14.1. The van der Waals surface area contributed by atoms with Gasteiger partial charge in [-0.1, -0.05) is 12.1 Å². The number of aryl methyl sites for hydroxylation is 1. The maximum Gasteiger partial charge on any atom is 0.113 e. The summed E-state index contributed by atoms with van der Waals surface area (Å²) in [6.07, 6.45) is -0.488. The molecule has 15 heavy (non-hydrogen) atoms. The number of hydrogen-bond acceptors (Lipinski definition) is 2. The number of rotatable bonds is 2. The normalized spacial score (nSPS) is 12.7. The van der Waals surface area contributed by atoms with E-state index in [4.69, 9.17) is 0 Å². The number of benzene rings is 1. The minimum atomic E-state index is -0.488. The Bertz CT molecular complexity index is 464. The Balaban J connectivity index is 2.32. The van der Waals surface area contributed by atoms with Crippen LogP contribution in [0.15, 0.2) is 36.4 Å². The molecule has 1 unspecified atom stereocenters. The number of aliphatic hydroxyl groups excluding tert-OH is 1. The van der Waals surface area contributed by atoms with Crippen LogP contribution in [0.4, 0.5) is 0 Å². The summed E-state index contributed by atoms with van der Waals surface area (Å²) in [7, 11) is 0. The van der Waals surface area contributed by atoms with Crippen molar-refractivity contribution in [1.82, 2.24) is 0 Å². The monoisotopic (exact) mass is 330 g/mol. The second-order valence-electron chi connectivity index (χ2n) is 3.41. The lowest BCUT2D eigenvalue weighted by Crippen LogP contribution is -1.96. The SMILES string of the molecule is Cc1ccc(C(O)c2cccc(I)c2)s1. The quantitative estimate of drug-likeness (QED) is 0.832. The smallest absolute Gasteiger partial charge is 0.113 e. The van der Waals surface area contributed by atoms with E-state index in [1.54, 1.807) is 11.3 Å². The van der Waals surface area contributed by atoms with E-state index in [-0.39, 0.29) is 0 Å². The zero-order valence-corrected chi connectivity index (χ0v) is 11.2. The fraction of sp³-hybridized carbons (Fsp3) is 0.167. The lowest BCUT2D eigenvalue weighted by Gasteiger charge is -2.08. The standard InChI is InChI=1S/C12H11IOS/c1-8-5-6-11(15-8)12(14)9-3-2-4-10(13)7-9/h2-7,12,14H,1H3. The Morgan fingerprint density at radius 2 is 2.07 bits per heavy atom. The zero-order valence-electron chi connectivity index (χ0n) is 8.27. The van der Waals surface area contributed by atoms with Crippen molar-refractivity contribution in [3.63, 3.8) is 0 Å². The van der Waals surface area contributed by atoms with Gasteiger partial charge in [0.15, 0.2) is 0 Å². The van der Waals surface area contributed by atoms with E-state index in [0.29, 0.717) is 0 Å². The molecule has 78 valence electrons. The van der Waals surface area contributed by atoms with Gasteiger partial charge in [0.25, 0.3) is 0 Å². The minimum absolute atomic E-state index is 0.488. The number of halogens is 1. The molecular formula is C12H11IOS. The first-order chi connectivity index (χ1) is 7.16. The van der Waals surface area contributed by atoms with Crippen molar-refractivity contribution in [3.8, 4) is 0 Å². The third kappa shape index (κ3) is 2.59. The predicted molar refractivity (Wildman–Crippen MR) is 72.3 cm³/mol. The molecule has 0 radical (unpaired) electrons. The summed E-state index contributed by atoms with van der Waals surface area (Å²) in [5.74, 6) is 0. The van der Waals surface area contributed by atoms with Crippen LogP contribution >= 0.6 is 33.9 Å². The topological polar surface area (TPSA) is 20.2 Å². The minimum Gasteiger partial charge on any atom is -0.383 e. The first kappa shape index (κ1) is 11.1.